The molecule has 0 unspecified atom stereocenters. The molecular formula is C15H22FN3O3. The van der Waals surface area contributed by atoms with Crippen LogP contribution in [0.2, 0.25) is 0 Å². The number of anilines is 2. The van der Waals surface area contributed by atoms with Crippen molar-refractivity contribution in [3.8, 4) is 0 Å². The van der Waals surface area contributed by atoms with Crippen LogP contribution in [0.1, 0.15) is 34.1 Å². The molecule has 0 aliphatic carbocycles. The van der Waals surface area contributed by atoms with E-state index in [0.29, 0.717) is 12.2 Å². The van der Waals surface area contributed by atoms with E-state index in [1.54, 1.807) is 20.8 Å². The minimum absolute atomic E-state index is 0.0671. The number of halogens is 1. The van der Waals surface area contributed by atoms with E-state index in [9.17, 15) is 14.0 Å². The van der Waals surface area contributed by atoms with Crippen molar-refractivity contribution in [3.05, 3.63) is 24.0 Å². The van der Waals surface area contributed by atoms with Gasteiger partial charge in [0, 0.05) is 12.2 Å². The molecule has 1 aromatic rings. The molecule has 0 spiro atoms. The van der Waals surface area contributed by atoms with Crippen molar-refractivity contribution in [1.29, 1.82) is 0 Å². The molecule has 122 valence electrons. The van der Waals surface area contributed by atoms with Gasteiger partial charge in [0.05, 0.1) is 5.69 Å². The summed E-state index contributed by atoms with van der Waals surface area (Å²) in [7, 11) is 0. The quantitative estimate of drug-likeness (QED) is 0.793. The molecule has 1 rings (SSSR count). The number of amides is 3. The molecule has 0 atom stereocenters. The van der Waals surface area contributed by atoms with Crippen molar-refractivity contribution in [2.75, 3.05) is 17.2 Å². The Morgan fingerprint density at radius 1 is 1.23 bits per heavy atom. The smallest absolute Gasteiger partial charge is 0.412 e. The van der Waals surface area contributed by atoms with Crippen molar-refractivity contribution in [1.82, 2.24) is 5.32 Å². The molecule has 0 saturated heterocycles. The molecule has 0 aliphatic rings. The second-order valence-corrected chi connectivity index (χ2v) is 5.70. The fourth-order valence-corrected chi connectivity index (χ4v) is 1.53. The first kappa shape index (κ1) is 17.7. The van der Waals surface area contributed by atoms with Crippen LogP contribution in [0, 0.1) is 5.82 Å². The second kappa shape index (κ2) is 7.63. The van der Waals surface area contributed by atoms with Crippen LogP contribution in [0.25, 0.3) is 0 Å². The van der Waals surface area contributed by atoms with Gasteiger partial charge in [0.15, 0.2) is 0 Å². The van der Waals surface area contributed by atoms with Gasteiger partial charge in [-0.1, -0.05) is 6.92 Å². The maximum atomic E-state index is 13.7. The maximum Gasteiger partial charge on any atom is 0.412 e. The van der Waals surface area contributed by atoms with Gasteiger partial charge in [-0.2, -0.15) is 0 Å². The minimum Gasteiger partial charge on any atom is -0.444 e. The number of hydrogen-bond acceptors (Lipinski definition) is 3. The van der Waals surface area contributed by atoms with Gasteiger partial charge in [0.2, 0.25) is 0 Å². The Labute approximate surface area is 129 Å². The largest absolute Gasteiger partial charge is 0.444 e. The van der Waals surface area contributed by atoms with E-state index in [-0.39, 0.29) is 5.69 Å². The normalized spacial score (nSPS) is 10.8. The first-order chi connectivity index (χ1) is 10.2. The molecule has 0 aromatic heterocycles. The summed E-state index contributed by atoms with van der Waals surface area (Å²) in [5.74, 6) is -0.620. The Balaban J connectivity index is 2.73. The van der Waals surface area contributed by atoms with Crippen LogP contribution in [0.5, 0.6) is 0 Å². The van der Waals surface area contributed by atoms with Crippen LogP contribution in [0.4, 0.5) is 25.4 Å². The number of carbonyl (C=O) groups is 2. The first-order valence-electron chi connectivity index (χ1n) is 7.05. The second-order valence-electron chi connectivity index (χ2n) is 5.70. The van der Waals surface area contributed by atoms with Gasteiger partial charge in [-0.25, -0.2) is 14.0 Å². The zero-order chi connectivity index (χ0) is 16.8. The summed E-state index contributed by atoms with van der Waals surface area (Å²) in [5.41, 5.74) is -0.389. The highest BCUT2D eigenvalue weighted by atomic mass is 19.1. The lowest BCUT2D eigenvalue weighted by molar-refractivity contribution is 0.0635. The number of hydrogen-bond donors (Lipinski definition) is 3. The van der Waals surface area contributed by atoms with E-state index in [1.165, 1.54) is 12.1 Å². The summed E-state index contributed by atoms with van der Waals surface area (Å²) in [4.78, 5) is 23.2. The van der Waals surface area contributed by atoms with Gasteiger partial charge in [-0.15, -0.1) is 0 Å². The molecule has 22 heavy (non-hydrogen) atoms. The van der Waals surface area contributed by atoms with Gasteiger partial charge in [0.1, 0.15) is 11.4 Å². The van der Waals surface area contributed by atoms with Crippen LogP contribution < -0.4 is 16.0 Å². The van der Waals surface area contributed by atoms with Crippen LogP contribution in [0.15, 0.2) is 18.2 Å². The molecular weight excluding hydrogens is 289 g/mol. The molecule has 1 aromatic carbocycles. The number of benzene rings is 1. The molecule has 3 N–H and O–H groups in total. The summed E-state index contributed by atoms with van der Waals surface area (Å²) >= 11 is 0. The molecule has 0 fully saturated rings. The monoisotopic (exact) mass is 311 g/mol. The lowest BCUT2D eigenvalue weighted by Gasteiger charge is -2.20. The standard InChI is InChI=1S/C15H22FN3O3/c1-5-8-17-13(20)18-10-6-7-11(16)12(9-10)19-14(21)22-15(2,3)4/h6-7,9H,5,8H2,1-4H3,(H,19,21)(H2,17,18,20). The predicted molar refractivity (Wildman–Crippen MR) is 83.6 cm³/mol. The Bertz CT molecular complexity index is 541. The average molecular weight is 311 g/mol. The predicted octanol–water partition coefficient (Wildman–Crippen LogP) is 3.70. The molecule has 0 radical (unpaired) electrons. The highest BCUT2D eigenvalue weighted by Crippen LogP contribution is 2.20. The third kappa shape index (κ3) is 6.43. The van der Waals surface area contributed by atoms with Crippen LogP contribution >= 0.6 is 0 Å². The molecule has 7 heteroatoms. The molecule has 0 saturated carbocycles. The third-order valence-electron chi connectivity index (χ3n) is 2.40. The lowest BCUT2D eigenvalue weighted by atomic mass is 10.2. The summed E-state index contributed by atoms with van der Waals surface area (Å²) in [5, 5.41) is 7.50. The molecule has 0 heterocycles. The van der Waals surface area contributed by atoms with E-state index in [1.807, 2.05) is 6.92 Å². The Morgan fingerprint density at radius 3 is 2.50 bits per heavy atom. The highest BCUT2D eigenvalue weighted by Gasteiger charge is 2.17. The van der Waals surface area contributed by atoms with Gasteiger partial charge in [-0.3, -0.25) is 5.32 Å². The highest BCUT2D eigenvalue weighted by molar-refractivity contribution is 5.91. The maximum absolute atomic E-state index is 13.7. The zero-order valence-electron chi connectivity index (χ0n) is 13.2. The topological polar surface area (TPSA) is 79.5 Å². The summed E-state index contributed by atoms with van der Waals surface area (Å²) in [6, 6.07) is 3.49. The third-order valence-corrected chi connectivity index (χ3v) is 2.40. The van der Waals surface area contributed by atoms with Gasteiger partial charge < -0.3 is 15.4 Å². The molecule has 6 nitrogen and oxygen atoms in total. The van der Waals surface area contributed by atoms with E-state index in [2.05, 4.69) is 16.0 Å². The van der Waals surface area contributed by atoms with Crippen molar-refractivity contribution in [2.45, 2.75) is 39.7 Å². The lowest BCUT2D eigenvalue weighted by Crippen LogP contribution is -2.29. The summed E-state index contributed by atoms with van der Waals surface area (Å²) in [6.45, 7) is 7.59. The summed E-state index contributed by atoms with van der Waals surface area (Å²) in [6.07, 6.45) is 0.0430. The number of carbonyl (C=O) groups excluding carboxylic acids is 2. The number of ether oxygens (including phenoxy) is 1. The fraction of sp³-hybridized carbons (Fsp3) is 0.467. The van der Waals surface area contributed by atoms with Gasteiger partial charge in [-0.05, 0) is 45.4 Å². The van der Waals surface area contributed by atoms with Crippen molar-refractivity contribution >= 4 is 23.5 Å². The zero-order valence-corrected chi connectivity index (χ0v) is 13.2. The van der Waals surface area contributed by atoms with Crippen LogP contribution in [-0.4, -0.2) is 24.3 Å². The fourth-order valence-electron chi connectivity index (χ4n) is 1.53. The average Bonchev–Trinajstić information content (AvgIpc) is 2.38. The Kier molecular flexibility index (Phi) is 6.15. The number of nitrogens with one attached hydrogen (secondary N) is 3. The Hall–Kier alpha value is -2.31. The first-order valence-corrected chi connectivity index (χ1v) is 7.05. The van der Waals surface area contributed by atoms with E-state index in [0.717, 1.165) is 12.5 Å². The van der Waals surface area contributed by atoms with Gasteiger partial charge >= 0.3 is 12.1 Å². The van der Waals surface area contributed by atoms with Crippen molar-refractivity contribution in [2.24, 2.45) is 0 Å². The number of rotatable bonds is 4. The minimum atomic E-state index is -0.765. The van der Waals surface area contributed by atoms with E-state index in [4.69, 9.17) is 4.74 Å². The van der Waals surface area contributed by atoms with E-state index >= 15 is 0 Å². The van der Waals surface area contributed by atoms with Crippen LogP contribution in [0.3, 0.4) is 0 Å². The SMILES string of the molecule is CCCNC(=O)Nc1ccc(F)c(NC(=O)OC(C)(C)C)c1. The summed E-state index contributed by atoms with van der Waals surface area (Å²) < 4.78 is 18.8. The van der Waals surface area contributed by atoms with Gasteiger partial charge in [0.25, 0.3) is 0 Å². The van der Waals surface area contributed by atoms with Crippen molar-refractivity contribution < 1.29 is 18.7 Å². The van der Waals surface area contributed by atoms with Crippen LogP contribution in [-0.2, 0) is 4.74 Å². The Morgan fingerprint density at radius 2 is 1.91 bits per heavy atom. The van der Waals surface area contributed by atoms with E-state index < -0.39 is 23.5 Å². The molecule has 0 bridgehead atoms. The molecule has 3 amide bonds. The van der Waals surface area contributed by atoms with Crippen molar-refractivity contribution in [3.63, 3.8) is 0 Å². The number of urea groups is 1. The molecule has 0 aliphatic heterocycles.